The van der Waals surface area contributed by atoms with Gasteiger partial charge < -0.3 is 10.0 Å². The van der Waals surface area contributed by atoms with Crippen LogP contribution in [0.1, 0.15) is 19.4 Å². The van der Waals surface area contributed by atoms with Gasteiger partial charge in [-0.15, -0.1) is 0 Å². The molecule has 0 atom stereocenters. The van der Waals surface area contributed by atoms with Crippen LogP contribution in [0.25, 0.3) is 0 Å². The number of nitrogens with zero attached hydrogens (tertiary/aromatic N) is 3. The third kappa shape index (κ3) is 4.09. The predicted molar refractivity (Wildman–Crippen MR) is 87.8 cm³/mol. The Labute approximate surface area is 135 Å². The average Bonchev–Trinajstić information content (AvgIpc) is 2.38. The molecular formula is C15H22ClN3O3. The summed E-state index contributed by atoms with van der Waals surface area (Å²) >= 11 is 6.26. The standard InChI is InChI=1S/C15H22ClN3O3/c1-11-8-12(19(21)22)9-13(16)14(11)18-6-4-17(5-7-18)10-15(2,3)20/h8-9,20H,4-7,10H2,1-3H3. The molecule has 0 spiro atoms. The number of aryl methyl sites for hydroxylation is 1. The molecular weight excluding hydrogens is 306 g/mol. The number of hydrogen-bond acceptors (Lipinski definition) is 5. The number of nitro groups is 1. The average molecular weight is 328 g/mol. The normalized spacial score (nSPS) is 16.9. The first kappa shape index (κ1) is 17.0. The summed E-state index contributed by atoms with van der Waals surface area (Å²) in [4.78, 5) is 14.8. The molecule has 1 heterocycles. The van der Waals surface area contributed by atoms with Gasteiger partial charge in [0.15, 0.2) is 0 Å². The number of piperazine rings is 1. The Kier molecular flexibility index (Phi) is 4.94. The summed E-state index contributed by atoms with van der Waals surface area (Å²) in [6.45, 7) is 9.31. The van der Waals surface area contributed by atoms with E-state index in [1.165, 1.54) is 6.07 Å². The van der Waals surface area contributed by atoms with Crippen LogP contribution in [-0.4, -0.2) is 53.3 Å². The molecule has 22 heavy (non-hydrogen) atoms. The van der Waals surface area contributed by atoms with Crippen molar-refractivity contribution in [2.24, 2.45) is 0 Å². The Morgan fingerprint density at radius 2 is 1.91 bits per heavy atom. The van der Waals surface area contributed by atoms with Gasteiger partial charge >= 0.3 is 0 Å². The van der Waals surface area contributed by atoms with E-state index in [2.05, 4.69) is 9.80 Å². The highest BCUT2D eigenvalue weighted by molar-refractivity contribution is 6.33. The van der Waals surface area contributed by atoms with Gasteiger partial charge in [0.2, 0.25) is 0 Å². The Morgan fingerprint density at radius 3 is 2.36 bits per heavy atom. The van der Waals surface area contributed by atoms with Crippen molar-refractivity contribution >= 4 is 23.0 Å². The zero-order valence-electron chi connectivity index (χ0n) is 13.2. The second-order valence-corrected chi connectivity index (χ2v) is 6.83. The molecule has 0 unspecified atom stereocenters. The third-order valence-corrected chi connectivity index (χ3v) is 4.04. The molecule has 1 fully saturated rings. The summed E-state index contributed by atoms with van der Waals surface area (Å²) in [5.74, 6) is 0. The molecule has 7 heteroatoms. The van der Waals surface area contributed by atoms with Crippen molar-refractivity contribution in [2.45, 2.75) is 26.4 Å². The first-order chi connectivity index (χ1) is 10.2. The number of nitro benzene ring substituents is 1. The minimum Gasteiger partial charge on any atom is -0.389 e. The predicted octanol–water partition coefficient (Wildman–Crippen LogP) is 2.45. The summed E-state index contributed by atoms with van der Waals surface area (Å²) in [6, 6.07) is 2.97. The Morgan fingerprint density at radius 1 is 1.32 bits per heavy atom. The molecule has 0 saturated carbocycles. The lowest BCUT2D eigenvalue weighted by molar-refractivity contribution is -0.384. The highest BCUT2D eigenvalue weighted by Gasteiger charge is 2.25. The van der Waals surface area contributed by atoms with E-state index in [-0.39, 0.29) is 5.69 Å². The van der Waals surface area contributed by atoms with Crippen LogP contribution in [0.3, 0.4) is 0 Å². The van der Waals surface area contributed by atoms with E-state index in [0.717, 1.165) is 37.4 Å². The van der Waals surface area contributed by atoms with E-state index in [4.69, 9.17) is 11.6 Å². The Balaban J connectivity index is 2.10. The molecule has 0 amide bonds. The number of benzene rings is 1. The van der Waals surface area contributed by atoms with E-state index in [1.54, 1.807) is 19.9 Å². The topological polar surface area (TPSA) is 69.9 Å². The number of hydrogen-bond donors (Lipinski definition) is 1. The van der Waals surface area contributed by atoms with Gasteiger partial charge in [0.25, 0.3) is 5.69 Å². The minimum absolute atomic E-state index is 0.0203. The van der Waals surface area contributed by atoms with Crippen LogP contribution in [0, 0.1) is 17.0 Å². The summed E-state index contributed by atoms with van der Waals surface area (Å²) < 4.78 is 0. The fourth-order valence-corrected chi connectivity index (χ4v) is 3.28. The lowest BCUT2D eigenvalue weighted by Gasteiger charge is -2.39. The molecule has 1 N–H and O–H groups in total. The Hall–Kier alpha value is -1.37. The first-order valence-electron chi connectivity index (χ1n) is 7.31. The van der Waals surface area contributed by atoms with Crippen molar-refractivity contribution in [2.75, 3.05) is 37.6 Å². The van der Waals surface area contributed by atoms with Gasteiger partial charge in [-0.25, -0.2) is 0 Å². The number of rotatable bonds is 4. The van der Waals surface area contributed by atoms with E-state index < -0.39 is 10.5 Å². The van der Waals surface area contributed by atoms with Gasteiger partial charge in [0.1, 0.15) is 0 Å². The van der Waals surface area contributed by atoms with Crippen LogP contribution < -0.4 is 4.90 Å². The number of halogens is 1. The fourth-order valence-electron chi connectivity index (χ4n) is 2.90. The van der Waals surface area contributed by atoms with Crippen LogP contribution in [0.5, 0.6) is 0 Å². The van der Waals surface area contributed by atoms with Crippen LogP contribution in [0.15, 0.2) is 12.1 Å². The van der Waals surface area contributed by atoms with Crippen LogP contribution in [0.2, 0.25) is 5.02 Å². The van der Waals surface area contributed by atoms with Gasteiger partial charge in [0.05, 0.1) is 21.2 Å². The molecule has 1 aromatic rings. The number of β-amino-alcohol motifs (C(OH)–C–C–N with tert-alkyl or cyclic N) is 1. The number of non-ortho nitro benzene ring substituents is 1. The molecule has 1 aliphatic rings. The fraction of sp³-hybridized carbons (Fsp3) is 0.600. The summed E-state index contributed by atoms with van der Waals surface area (Å²) in [6.07, 6.45) is 0. The maximum absolute atomic E-state index is 10.9. The van der Waals surface area contributed by atoms with Gasteiger partial charge in [-0.2, -0.15) is 0 Å². The van der Waals surface area contributed by atoms with Crippen molar-refractivity contribution in [1.82, 2.24) is 4.90 Å². The van der Waals surface area contributed by atoms with Crippen LogP contribution in [0.4, 0.5) is 11.4 Å². The molecule has 1 aliphatic heterocycles. The summed E-state index contributed by atoms with van der Waals surface area (Å²) in [5, 5.41) is 21.2. The molecule has 6 nitrogen and oxygen atoms in total. The highest BCUT2D eigenvalue weighted by Crippen LogP contribution is 2.34. The van der Waals surface area contributed by atoms with Gasteiger partial charge in [-0.05, 0) is 26.3 Å². The van der Waals surface area contributed by atoms with E-state index in [0.29, 0.717) is 11.6 Å². The molecule has 0 aromatic heterocycles. The summed E-state index contributed by atoms with van der Waals surface area (Å²) in [7, 11) is 0. The molecule has 0 bridgehead atoms. The monoisotopic (exact) mass is 327 g/mol. The zero-order valence-corrected chi connectivity index (χ0v) is 13.9. The highest BCUT2D eigenvalue weighted by atomic mass is 35.5. The third-order valence-electron chi connectivity index (χ3n) is 3.75. The van der Waals surface area contributed by atoms with E-state index in [9.17, 15) is 15.2 Å². The van der Waals surface area contributed by atoms with Crippen molar-refractivity contribution in [1.29, 1.82) is 0 Å². The minimum atomic E-state index is -0.705. The van der Waals surface area contributed by atoms with E-state index in [1.807, 2.05) is 6.92 Å². The second-order valence-electron chi connectivity index (χ2n) is 6.43. The zero-order chi connectivity index (χ0) is 16.5. The molecule has 1 saturated heterocycles. The van der Waals surface area contributed by atoms with Crippen molar-refractivity contribution in [3.05, 3.63) is 32.8 Å². The molecule has 122 valence electrons. The molecule has 2 rings (SSSR count). The van der Waals surface area contributed by atoms with Gasteiger partial charge in [0, 0.05) is 44.9 Å². The molecule has 0 radical (unpaired) electrons. The van der Waals surface area contributed by atoms with Crippen molar-refractivity contribution < 1.29 is 10.0 Å². The maximum atomic E-state index is 10.9. The van der Waals surface area contributed by atoms with Gasteiger partial charge in [-0.3, -0.25) is 15.0 Å². The van der Waals surface area contributed by atoms with Crippen LogP contribution >= 0.6 is 11.6 Å². The largest absolute Gasteiger partial charge is 0.389 e. The lowest BCUT2D eigenvalue weighted by Crippen LogP contribution is -2.50. The van der Waals surface area contributed by atoms with Gasteiger partial charge in [-0.1, -0.05) is 11.6 Å². The SMILES string of the molecule is Cc1cc([N+](=O)[O-])cc(Cl)c1N1CCN(CC(C)(C)O)CC1. The molecule has 1 aromatic carbocycles. The second kappa shape index (κ2) is 6.40. The molecule has 0 aliphatic carbocycles. The number of anilines is 1. The van der Waals surface area contributed by atoms with Crippen LogP contribution in [-0.2, 0) is 0 Å². The quantitative estimate of drug-likeness (QED) is 0.679. The van der Waals surface area contributed by atoms with E-state index >= 15 is 0 Å². The smallest absolute Gasteiger partial charge is 0.271 e. The number of aliphatic hydroxyl groups is 1. The maximum Gasteiger partial charge on any atom is 0.271 e. The lowest BCUT2D eigenvalue weighted by atomic mass is 10.1. The first-order valence-corrected chi connectivity index (χ1v) is 7.69. The Bertz CT molecular complexity index is 541. The van der Waals surface area contributed by atoms with Crippen molar-refractivity contribution in [3.63, 3.8) is 0 Å². The summed E-state index contributed by atoms with van der Waals surface area (Å²) in [5.41, 5.74) is 1.00. The van der Waals surface area contributed by atoms with Crippen molar-refractivity contribution in [3.8, 4) is 0 Å².